The first-order valence-corrected chi connectivity index (χ1v) is 9.40. The minimum atomic E-state index is -1.18. The molecule has 3 aromatic rings. The summed E-state index contributed by atoms with van der Waals surface area (Å²) in [7, 11) is 1.51. The Morgan fingerprint density at radius 1 is 1.33 bits per heavy atom. The van der Waals surface area contributed by atoms with Gasteiger partial charge in [0.2, 0.25) is 5.91 Å². The van der Waals surface area contributed by atoms with Crippen LogP contribution in [-0.2, 0) is 10.3 Å². The number of rotatable bonds is 3. The summed E-state index contributed by atoms with van der Waals surface area (Å²) in [5, 5.41) is 3.23. The van der Waals surface area contributed by atoms with Crippen molar-refractivity contribution in [2.24, 2.45) is 10.7 Å². The van der Waals surface area contributed by atoms with Gasteiger partial charge in [0.1, 0.15) is 17.8 Å². The molecule has 1 aromatic carbocycles. The Bertz CT molecular complexity index is 1220. The molecule has 1 aliphatic heterocycles. The van der Waals surface area contributed by atoms with Crippen LogP contribution in [0.15, 0.2) is 47.8 Å². The molecule has 0 fully saturated rings. The van der Waals surface area contributed by atoms with Crippen molar-refractivity contribution in [3.8, 4) is 0 Å². The Kier molecular flexibility index (Phi) is 4.70. The number of fused-ring (bicyclic) bond motifs is 1. The van der Waals surface area contributed by atoms with Crippen molar-refractivity contribution in [1.29, 1.82) is 0 Å². The van der Waals surface area contributed by atoms with Crippen LogP contribution in [0.4, 0.5) is 10.1 Å². The molecule has 2 aromatic heterocycles. The number of benzene rings is 1. The van der Waals surface area contributed by atoms with E-state index >= 15 is 0 Å². The van der Waals surface area contributed by atoms with Crippen molar-refractivity contribution >= 4 is 40.6 Å². The van der Waals surface area contributed by atoms with Gasteiger partial charge in [-0.3, -0.25) is 14.5 Å². The van der Waals surface area contributed by atoms with Crippen molar-refractivity contribution < 1.29 is 14.0 Å². The first-order chi connectivity index (χ1) is 14.2. The topological polar surface area (TPSA) is 105 Å². The van der Waals surface area contributed by atoms with Crippen LogP contribution >= 0.6 is 11.6 Å². The fourth-order valence-corrected chi connectivity index (χ4v) is 3.59. The lowest BCUT2D eigenvalue weighted by Gasteiger charge is -2.34. The van der Waals surface area contributed by atoms with Crippen LogP contribution in [0, 0.1) is 5.82 Å². The molecule has 1 atom stereocenters. The maximum Gasteiger partial charge on any atom is 0.274 e. The van der Waals surface area contributed by atoms with Crippen LogP contribution in [0.3, 0.4) is 0 Å². The van der Waals surface area contributed by atoms with Gasteiger partial charge in [-0.05, 0) is 37.3 Å². The number of halogens is 2. The van der Waals surface area contributed by atoms with E-state index in [1.54, 1.807) is 29.7 Å². The highest BCUT2D eigenvalue weighted by atomic mass is 35.5. The van der Waals surface area contributed by atoms with Crippen LogP contribution in [-0.4, -0.2) is 39.1 Å². The maximum absolute atomic E-state index is 14.6. The number of guanidine groups is 1. The lowest BCUT2D eigenvalue weighted by atomic mass is 9.87. The quantitative estimate of drug-likeness (QED) is 0.669. The minimum Gasteiger partial charge on any atom is -0.369 e. The van der Waals surface area contributed by atoms with Crippen LogP contribution in [0.25, 0.3) is 5.52 Å². The highest BCUT2D eigenvalue weighted by Gasteiger charge is 2.38. The largest absolute Gasteiger partial charge is 0.369 e. The van der Waals surface area contributed by atoms with E-state index in [9.17, 15) is 14.0 Å². The average Bonchev–Trinajstić information content (AvgIpc) is 3.06. The van der Waals surface area contributed by atoms with Gasteiger partial charge in [0.05, 0.1) is 22.5 Å². The van der Waals surface area contributed by atoms with Crippen molar-refractivity contribution in [1.82, 2.24) is 14.3 Å². The van der Waals surface area contributed by atoms with E-state index in [1.165, 1.54) is 36.5 Å². The number of anilines is 1. The number of carbonyl (C=O) groups excluding carboxylic acids is 2. The second kappa shape index (κ2) is 7.10. The number of aromatic nitrogens is 2. The van der Waals surface area contributed by atoms with E-state index in [4.69, 9.17) is 17.3 Å². The van der Waals surface area contributed by atoms with Crippen LogP contribution in [0.1, 0.15) is 29.4 Å². The molecule has 0 saturated carbocycles. The summed E-state index contributed by atoms with van der Waals surface area (Å²) in [6, 6.07) is 7.39. The predicted molar refractivity (Wildman–Crippen MR) is 111 cm³/mol. The number of nitrogens with zero attached hydrogens (tertiary/aromatic N) is 4. The molecule has 8 nitrogen and oxygen atoms in total. The normalized spacial score (nSPS) is 19.1. The molecule has 1 aliphatic rings. The Hall–Kier alpha value is -3.46. The summed E-state index contributed by atoms with van der Waals surface area (Å²) in [6.07, 6.45) is 3.11. The molecule has 0 aliphatic carbocycles. The van der Waals surface area contributed by atoms with Gasteiger partial charge in [0, 0.05) is 24.5 Å². The van der Waals surface area contributed by atoms with E-state index in [1.807, 2.05) is 0 Å². The molecule has 0 saturated heterocycles. The summed E-state index contributed by atoms with van der Waals surface area (Å²) in [6.45, 7) is 1.63. The Labute approximate surface area is 176 Å². The number of aliphatic imine (C=N–C) groups is 1. The van der Waals surface area contributed by atoms with Gasteiger partial charge in [-0.2, -0.15) is 0 Å². The third kappa shape index (κ3) is 3.48. The molecule has 0 radical (unpaired) electrons. The van der Waals surface area contributed by atoms with Gasteiger partial charge < -0.3 is 15.5 Å². The van der Waals surface area contributed by atoms with E-state index < -0.39 is 17.3 Å². The lowest BCUT2D eigenvalue weighted by molar-refractivity contribution is -0.128. The maximum atomic E-state index is 14.6. The molecule has 30 heavy (non-hydrogen) atoms. The van der Waals surface area contributed by atoms with Gasteiger partial charge in [0.25, 0.3) is 5.91 Å². The van der Waals surface area contributed by atoms with Crippen LogP contribution < -0.4 is 11.1 Å². The zero-order valence-corrected chi connectivity index (χ0v) is 16.9. The molecule has 154 valence electrons. The molecule has 1 unspecified atom stereocenters. The van der Waals surface area contributed by atoms with E-state index in [2.05, 4.69) is 15.3 Å². The molecule has 3 heterocycles. The summed E-state index contributed by atoms with van der Waals surface area (Å²) in [5.41, 5.74) is 6.02. The van der Waals surface area contributed by atoms with E-state index in [0.29, 0.717) is 16.2 Å². The lowest BCUT2D eigenvalue weighted by Crippen LogP contribution is -2.47. The number of nitrogens with one attached hydrogen (secondary N) is 1. The third-order valence-electron chi connectivity index (χ3n) is 5.06. The summed E-state index contributed by atoms with van der Waals surface area (Å²) >= 11 is 5.96. The molecule has 4 rings (SSSR count). The summed E-state index contributed by atoms with van der Waals surface area (Å²) in [5.74, 6) is -1.29. The first-order valence-electron chi connectivity index (χ1n) is 9.03. The molecule has 2 amide bonds. The SMILES string of the molecule is CN1C(=O)CC(C)(c2cc(NC(=O)c3cc4cc(Cl)cn4cn3)ccc2F)N=C1N. The van der Waals surface area contributed by atoms with Crippen LogP contribution in [0.2, 0.25) is 5.02 Å². The Morgan fingerprint density at radius 2 is 2.10 bits per heavy atom. The molecule has 10 heteroatoms. The van der Waals surface area contributed by atoms with Gasteiger partial charge in [-0.1, -0.05) is 11.6 Å². The fraction of sp³-hybridized carbons (Fsp3) is 0.200. The van der Waals surface area contributed by atoms with Gasteiger partial charge in [-0.25, -0.2) is 14.4 Å². The zero-order chi connectivity index (χ0) is 21.6. The molecular weight excluding hydrogens is 411 g/mol. The Balaban J connectivity index is 1.64. The number of carbonyl (C=O) groups is 2. The second-order valence-corrected chi connectivity index (χ2v) is 7.72. The minimum absolute atomic E-state index is 0.00551. The van der Waals surface area contributed by atoms with E-state index in [0.717, 1.165) is 0 Å². The van der Waals surface area contributed by atoms with Crippen molar-refractivity contribution in [3.05, 3.63) is 65.0 Å². The van der Waals surface area contributed by atoms with Crippen LogP contribution in [0.5, 0.6) is 0 Å². The zero-order valence-electron chi connectivity index (χ0n) is 16.2. The molecule has 0 spiro atoms. The number of amides is 2. The second-order valence-electron chi connectivity index (χ2n) is 7.29. The van der Waals surface area contributed by atoms with Gasteiger partial charge >= 0.3 is 0 Å². The highest BCUT2D eigenvalue weighted by Crippen LogP contribution is 2.35. The first kappa shape index (κ1) is 19.8. The van der Waals surface area contributed by atoms with E-state index in [-0.39, 0.29) is 29.5 Å². The number of hydrogen-bond donors (Lipinski definition) is 2. The monoisotopic (exact) mass is 428 g/mol. The Morgan fingerprint density at radius 3 is 2.83 bits per heavy atom. The molecular formula is C20H18ClFN6O2. The van der Waals surface area contributed by atoms with Gasteiger partial charge in [0.15, 0.2) is 5.96 Å². The predicted octanol–water partition coefficient (Wildman–Crippen LogP) is 2.77. The fourth-order valence-electron chi connectivity index (χ4n) is 3.38. The summed E-state index contributed by atoms with van der Waals surface area (Å²) in [4.78, 5) is 34.5. The highest BCUT2D eigenvalue weighted by molar-refractivity contribution is 6.31. The van der Waals surface area contributed by atoms with Gasteiger partial charge in [-0.15, -0.1) is 0 Å². The van der Waals surface area contributed by atoms with Crippen molar-refractivity contribution in [3.63, 3.8) is 0 Å². The summed E-state index contributed by atoms with van der Waals surface area (Å²) < 4.78 is 16.3. The number of hydrogen-bond acceptors (Lipinski definition) is 5. The van der Waals surface area contributed by atoms with Crippen molar-refractivity contribution in [2.45, 2.75) is 18.9 Å². The third-order valence-corrected chi connectivity index (χ3v) is 5.27. The molecule has 0 bridgehead atoms. The standard InChI is InChI=1S/C20H18ClFN6O2/c1-20(8-17(29)27(2)19(23)26-20)14-6-12(3-4-15(14)22)25-18(30)16-7-13-5-11(21)9-28(13)10-24-16/h3-7,9-10H,8H2,1-2H3,(H2,23,26)(H,25,30). The smallest absolute Gasteiger partial charge is 0.274 e. The average molecular weight is 429 g/mol. The molecule has 3 N–H and O–H groups in total. The number of nitrogens with two attached hydrogens (primary N) is 1. The van der Waals surface area contributed by atoms with Crippen molar-refractivity contribution in [2.75, 3.05) is 12.4 Å².